The Morgan fingerprint density at radius 2 is 2.09 bits per heavy atom. The molecular weight excluding hydrogens is 348 g/mol. The third-order valence-electron chi connectivity index (χ3n) is 3.00. The monoisotopic (exact) mass is 358 g/mol. The van der Waals surface area contributed by atoms with Crippen LogP contribution in [-0.2, 0) is 6.61 Å². The summed E-state index contributed by atoms with van der Waals surface area (Å²) in [5, 5.41) is 13.5. The van der Waals surface area contributed by atoms with E-state index in [1.807, 2.05) is 30.3 Å². The summed E-state index contributed by atoms with van der Waals surface area (Å²) in [5.41, 5.74) is 6.94. The van der Waals surface area contributed by atoms with E-state index < -0.39 is 0 Å². The highest BCUT2D eigenvalue weighted by molar-refractivity contribution is 9.10. The number of nitrogens with zero attached hydrogens (tertiary/aromatic N) is 3. The van der Waals surface area contributed by atoms with Crippen molar-refractivity contribution in [2.75, 3.05) is 5.73 Å². The van der Waals surface area contributed by atoms with Gasteiger partial charge in [0.05, 0.1) is 12.0 Å². The van der Waals surface area contributed by atoms with Gasteiger partial charge in [0.2, 0.25) is 0 Å². The van der Waals surface area contributed by atoms with Crippen LogP contribution in [0, 0.1) is 11.3 Å². The van der Waals surface area contributed by atoms with Gasteiger partial charge in [0, 0.05) is 4.47 Å². The van der Waals surface area contributed by atoms with Gasteiger partial charge in [-0.3, -0.25) is 0 Å². The summed E-state index contributed by atoms with van der Waals surface area (Å²) in [6.07, 6.45) is 1.55. The Labute approximate surface area is 134 Å². The van der Waals surface area contributed by atoms with E-state index in [0.717, 1.165) is 10.2 Å². The zero-order chi connectivity index (χ0) is 15.5. The van der Waals surface area contributed by atoms with Crippen molar-refractivity contribution in [3.63, 3.8) is 0 Å². The molecule has 110 valence electrons. The van der Waals surface area contributed by atoms with Crippen LogP contribution in [0.4, 0.5) is 5.82 Å². The second kappa shape index (κ2) is 5.95. The molecule has 0 atom stereocenters. The number of nitrogen functional groups attached to an aromatic ring is 1. The Kier molecular flexibility index (Phi) is 3.85. The van der Waals surface area contributed by atoms with Crippen LogP contribution < -0.4 is 10.5 Å². The van der Waals surface area contributed by atoms with Gasteiger partial charge in [-0.15, -0.1) is 5.10 Å². The van der Waals surface area contributed by atoms with Gasteiger partial charge in [-0.05, 0) is 36.4 Å². The van der Waals surface area contributed by atoms with E-state index in [2.05, 4.69) is 21.0 Å². The number of halogens is 1. The van der Waals surface area contributed by atoms with Gasteiger partial charge in [0.1, 0.15) is 24.3 Å². The van der Waals surface area contributed by atoms with Crippen molar-refractivity contribution in [2.24, 2.45) is 0 Å². The first-order valence-corrected chi connectivity index (χ1v) is 7.18. The molecule has 0 aliphatic rings. The third kappa shape index (κ3) is 2.69. The average molecular weight is 359 g/mol. The highest BCUT2D eigenvalue weighted by Gasteiger charge is 2.18. The van der Waals surface area contributed by atoms with E-state index in [1.165, 1.54) is 4.68 Å². The minimum Gasteiger partial charge on any atom is -0.467 e. The molecule has 0 amide bonds. The Morgan fingerprint density at radius 1 is 1.32 bits per heavy atom. The van der Waals surface area contributed by atoms with E-state index in [4.69, 9.17) is 14.9 Å². The zero-order valence-corrected chi connectivity index (χ0v) is 12.9. The smallest absolute Gasteiger partial charge is 0.254 e. The maximum absolute atomic E-state index is 9.27. The third-order valence-corrected chi connectivity index (χ3v) is 3.53. The van der Waals surface area contributed by atoms with Crippen molar-refractivity contribution >= 4 is 21.7 Å². The van der Waals surface area contributed by atoms with E-state index in [1.54, 1.807) is 18.4 Å². The summed E-state index contributed by atoms with van der Waals surface area (Å²) in [4.78, 5) is 0. The Hall–Kier alpha value is -2.72. The molecule has 0 fully saturated rings. The van der Waals surface area contributed by atoms with Crippen LogP contribution in [0.15, 0.2) is 51.6 Å². The fourth-order valence-corrected chi connectivity index (χ4v) is 2.19. The average Bonchev–Trinajstić information content (AvgIpc) is 3.14. The number of nitrogens with two attached hydrogens (primary N) is 1. The van der Waals surface area contributed by atoms with Gasteiger partial charge < -0.3 is 14.9 Å². The van der Waals surface area contributed by atoms with Gasteiger partial charge in [-0.25, -0.2) is 4.68 Å². The Morgan fingerprint density at radius 3 is 2.73 bits per heavy atom. The van der Waals surface area contributed by atoms with Gasteiger partial charge >= 0.3 is 0 Å². The van der Waals surface area contributed by atoms with E-state index in [0.29, 0.717) is 5.76 Å². The molecule has 0 aliphatic carbocycles. The summed E-state index contributed by atoms with van der Waals surface area (Å²) in [7, 11) is 0. The first kappa shape index (κ1) is 14.2. The minimum absolute atomic E-state index is 0.179. The maximum atomic E-state index is 9.27. The molecule has 2 N–H and O–H groups in total. The summed E-state index contributed by atoms with van der Waals surface area (Å²) < 4.78 is 13.1. The first-order valence-electron chi connectivity index (χ1n) is 6.38. The van der Waals surface area contributed by atoms with Crippen LogP contribution in [0.3, 0.4) is 0 Å². The number of nitriles is 1. The number of aromatic nitrogens is 2. The normalized spacial score (nSPS) is 10.4. The highest BCUT2D eigenvalue weighted by atomic mass is 79.9. The number of rotatable bonds is 4. The van der Waals surface area contributed by atoms with Crippen molar-refractivity contribution in [1.82, 2.24) is 9.78 Å². The van der Waals surface area contributed by atoms with Crippen molar-refractivity contribution in [1.29, 1.82) is 5.26 Å². The van der Waals surface area contributed by atoms with Crippen molar-refractivity contribution in [3.05, 3.63) is 58.5 Å². The van der Waals surface area contributed by atoms with Crippen LogP contribution in [0.2, 0.25) is 0 Å². The largest absolute Gasteiger partial charge is 0.467 e. The fraction of sp³-hybridized carbons (Fsp3) is 0.0667. The summed E-state index contributed by atoms with van der Waals surface area (Å²) in [5.74, 6) is 1.05. The predicted molar refractivity (Wildman–Crippen MR) is 83.4 cm³/mol. The molecule has 1 aromatic carbocycles. The molecule has 0 bridgehead atoms. The highest BCUT2D eigenvalue weighted by Crippen LogP contribution is 2.27. The first-order chi connectivity index (χ1) is 10.7. The molecule has 0 spiro atoms. The molecule has 0 aliphatic heterocycles. The molecule has 22 heavy (non-hydrogen) atoms. The van der Waals surface area contributed by atoms with Gasteiger partial charge in [-0.2, -0.15) is 5.26 Å². The molecular formula is C15H11BrN4O2. The molecule has 7 heteroatoms. The van der Waals surface area contributed by atoms with Gasteiger partial charge in [0.25, 0.3) is 5.88 Å². The van der Waals surface area contributed by atoms with E-state index in [-0.39, 0.29) is 23.9 Å². The van der Waals surface area contributed by atoms with Crippen molar-refractivity contribution in [3.8, 4) is 17.6 Å². The number of ether oxygens (including phenoxy) is 1. The standard InChI is InChI=1S/C15H11BrN4O2/c16-10-3-5-11(6-4-10)20-14(18)13(8-17)15(19-20)22-9-12-2-1-7-21-12/h1-7H,9,18H2. The SMILES string of the molecule is N#Cc1c(OCc2ccco2)nn(-c2ccc(Br)cc2)c1N. The molecule has 3 aromatic rings. The van der Waals surface area contributed by atoms with Crippen LogP contribution in [0.25, 0.3) is 5.69 Å². The maximum Gasteiger partial charge on any atom is 0.254 e. The number of anilines is 1. The Bertz CT molecular complexity index is 817. The topological polar surface area (TPSA) is 90.0 Å². The van der Waals surface area contributed by atoms with Crippen LogP contribution in [0.5, 0.6) is 5.88 Å². The fourth-order valence-electron chi connectivity index (χ4n) is 1.93. The molecule has 6 nitrogen and oxygen atoms in total. The van der Waals surface area contributed by atoms with E-state index in [9.17, 15) is 5.26 Å². The molecule has 0 saturated carbocycles. The minimum atomic E-state index is 0.179. The summed E-state index contributed by atoms with van der Waals surface area (Å²) in [6.45, 7) is 0.179. The molecule has 0 saturated heterocycles. The Balaban J connectivity index is 1.92. The second-order valence-electron chi connectivity index (χ2n) is 4.43. The lowest BCUT2D eigenvalue weighted by atomic mass is 10.3. The predicted octanol–water partition coefficient (Wildman–Crippen LogP) is 3.26. The van der Waals surface area contributed by atoms with Gasteiger partial charge in [-0.1, -0.05) is 15.9 Å². The molecule has 0 unspecified atom stereocenters. The molecule has 2 aromatic heterocycles. The van der Waals surface area contributed by atoms with Gasteiger partial charge in [0.15, 0.2) is 5.56 Å². The zero-order valence-electron chi connectivity index (χ0n) is 11.4. The summed E-state index contributed by atoms with van der Waals surface area (Å²) >= 11 is 3.37. The van der Waals surface area contributed by atoms with Crippen LogP contribution >= 0.6 is 15.9 Å². The summed E-state index contributed by atoms with van der Waals surface area (Å²) in [6, 6.07) is 13.0. The van der Waals surface area contributed by atoms with Crippen molar-refractivity contribution in [2.45, 2.75) is 6.61 Å². The lowest BCUT2D eigenvalue weighted by Gasteiger charge is -2.03. The quantitative estimate of drug-likeness (QED) is 0.772. The van der Waals surface area contributed by atoms with Crippen LogP contribution in [0.1, 0.15) is 11.3 Å². The number of benzene rings is 1. The molecule has 3 rings (SSSR count). The van der Waals surface area contributed by atoms with E-state index >= 15 is 0 Å². The lowest BCUT2D eigenvalue weighted by molar-refractivity contribution is 0.258. The lowest BCUT2D eigenvalue weighted by Crippen LogP contribution is -2.02. The van der Waals surface area contributed by atoms with Crippen molar-refractivity contribution < 1.29 is 9.15 Å². The molecule has 2 heterocycles. The van der Waals surface area contributed by atoms with Crippen LogP contribution in [-0.4, -0.2) is 9.78 Å². The number of furan rings is 1. The number of hydrogen-bond acceptors (Lipinski definition) is 5. The second-order valence-corrected chi connectivity index (χ2v) is 5.35. The number of hydrogen-bond donors (Lipinski definition) is 1. The molecule has 0 radical (unpaired) electrons.